The Bertz CT molecular complexity index is 1190. The monoisotopic (exact) mass is 423 g/mol. The summed E-state index contributed by atoms with van der Waals surface area (Å²) in [4.78, 5) is 43.2. The lowest BCUT2D eigenvalue weighted by atomic mass is 9.99. The van der Waals surface area contributed by atoms with Crippen molar-refractivity contribution < 1.29 is 9.90 Å². The zero-order chi connectivity index (χ0) is 22.1. The number of aliphatic hydroxyl groups is 1. The highest BCUT2D eigenvalue weighted by Crippen LogP contribution is 2.36. The lowest BCUT2D eigenvalue weighted by molar-refractivity contribution is -0.117. The van der Waals surface area contributed by atoms with Gasteiger partial charge in [-0.15, -0.1) is 0 Å². The number of hydrogen-bond acceptors (Lipinski definition) is 6. The van der Waals surface area contributed by atoms with E-state index in [9.17, 15) is 19.5 Å². The van der Waals surface area contributed by atoms with Crippen LogP contribution in [0.5, 0.6) is 0 Å². The first-order valence-corrected chi connectivity index (χ1v) is 10.3. The van der Waals surface area contributed by atoms with Gasteiger partial charge in [0, 0.05) is 25.3 Å². The number of fused-ring (bicyclic) bond motifs is 1. The largest absolute Gasteiger partial charge is 0.396 e. The second kappa shape index (κ2) is 8.27. The van der Waals surface area contributed by atoms with Gasteiger partial charge in [-0.3, -0.25) is 24.0 Å². The molecular weight excluding hydrogens is 398 g/mol. The molecule has 162 valence electrons. The fourth-order valence-electron chi connectivity index (χ4n) is 3.88. The highest BCUT2D eigenvalue weighted by molar-refractivity contribution is 5.99. The summed E-state index contributed by atoms with van der Waals surface area (Å²) in [6.07, 6.45) is 2.16. The fraction of sp³-hybridized carbons (Fsp3) is 0.318. The normalized spacial score (nSPS) is 15.4. The number of nitrogens with one attached hydrogen (secondary N) is 3. The molecule has 0 atom stereocenters. The molecule has 0 unspecified atom stereocenters. The Morgan fingerprint density at radius 1 is 1.13 bits per heavy atom. The average Bonchev–Trinajstić information content (AvgIpc) is 2.74. The van der Waals surface area contributed by atoms with Crippen LogP contribution in [0.3, 0.4) is 0 Å². The smallest absolute Gasteiger partial charge is 0.329 e. The van der Waals surface area contributed by atoms with Crippen molar-refractivity contribution in [2.24, 2.45) is 0 Å². The first-order valence-electron chi connectivity index (χ1n) is 10.3. The number of aromatic nitrogens is 2. The molecule has 2 aromatic rings. The average molecular weight is 423 g/mol. The molecule has 2 aliphatic heterocycles. The molecule has 0 fully saturated rings. The topological polar surface area (TPSA) is 119 Å². The van der Waals surface area contributed by atoms with E-state index in [4.69, 9.17) is 0 Å². The predicted octanol–water partition coefficient (Wildman–Crippen LogP) is 0.968. The van der Waals surface area contributed by atoms with Crippen LogP contribution in [-0.4, -0.2) is 27.2 Å². The summed E-state index contributed by atoms with van der Waals surface area (Å²) in [6, 6.07) is 7.36. The highest BCUT2D eigenvalue weighted by Gasteiger charge is 2.36. The molecule has 1 aromatic heterocycles. The molecule has 0 radical (unpaired) electrons. The molecule has 3 heterocycles. The molecule has 31 heavy (non-hydrogen) atoms. The summed E-state index contributed by atoms with van der Waals surface area (Å²) < 4.78 is 1.20. The first kappa shape index (κ1) is 20.7. The zero-order valence-corrected chi connectivity index (χ0v) is 17.3. The standard InChI is InChI=1S/C22H25N5O4/c1-3-4-10-26-21(30)17-12-16-18(23-13(2)24-20(16)29)27(19(17)25-22(26)31)15-7-5-14(6-8-15)9-11-28/h5-8,23,28H,2-4,9-12H2,1H3,(H,24,29)(H,25,31). The van der Waals surface area contributed by atoms with Gasteiger partial charge in [0.15, 0.2) is 0 Å². The Hall–Kier alpha value is -3.59. The molecule has 9 nitrogen and oxygen atoms in total. The summed E-state index contributed by atoms with van der Waals surface area (Å²) in [7, 11) is 0. The van der Waals surface area contributed by atoms with Gasteiger partial charge in [-0.05, 0) is 30.5 Å². The number of carbonyl (C=O) groups is 1. The fourth-order valence-corrected chi connectivity index (χ4v) is 3.88. The molecule has 0 saturated heterocycles. The van der Waals surface area contributed by atoms with E-state index in [1.165, 1.54) is 4.57 Å². The van der Waals surface area contributed by atoms with Crippen LogP contribution in [0, 0.1) is 0 Å². The number of anilines is 2. The van der Waals surface area contributed by atoms with Crippen LogP contribution in [0.25, 0.3) is 0 Å². The van der Waals surface area contributed by atoms with Crippen molar-refractivity contribution in [1.29, 1.82) is 0 Å². The molecule has 2 aliphatic rings. The third kappa shape index (κ3) is 3.68. The van der Waals surface area contributed by atoms with Crippen molar-refractivity contribution >= 4 is 17.4 Å². The van der Waals surface area contributed by atoms with Crippen molar-refractivity contribution in [3.05, 3.63) is 80.0 Å². The zero-order valence-electron chi connectivity index (χ0n) is 17.3. The minimum atomic E-state index is -0.484. The summed E-state index contributed by atoms with van der Waals surface area (Å²) in [5.41, 5.74) is 1.48. The SMILES string of the molecule is C=C1NC(=O)C2=C(N1)N(c1ccc(CCO)cc1)c1[nH]c(=O)n(CCCC)c(=O)c1C2. The number of aliphatic hydroxyl groups excluding tert-OH is 1. The Labute approximate surface area is 178 Å². The first-order chi connectivity index (χ1) is 14.9. The van der Waals surface area contributed by atoms with Crippen molar-refractivity contribution in [2.75, 3.05) is 11.5 Å². The van der Waals surface area contributed by atoms with Crippen LogP contribution < -0.4 is 26.8 Å². The van der Waals surface area contributed by atoms with E-state index >= 15 is 0 Å². The van der Waals surface area contributed by atoms with Crippen molar-refractivity contribution in [3.8, 4) is 0 Å². The van der Waals surface area contributed by atoms with E-state index in [0.29, 0.717) is 53.7 Å². The maximum atomic E-state index is 13.2. The predicted molar refractivity (Wildman–Crippen MR) is 117 cm³/mol. The molecule has 0 bridgehead atoms. The lowest BCUT2D eigenvalue weighted by Crippen LogP contribution is -2.49. The quantitative estimate of drug-likeness (QED) is 0.550. The van der Waals surface area contributed by atoms with E-state index in [1.54, 1.807) is 4.90 Å². The molecule has 0 saturated carbocycles. The molecular formula is C22H25N5O4. The van der Waals surface area contributed by atoms with Gasteiger partial charge in [-0.1, -0.05) is 32.1 Å². The van der Waals surface area contributed by atoms with Crippen LogP contribution in [0.15, 0.2) is 57.6 Å². The Kier molecular flexibility index (Phi) is 5.51. The molecule has 9 heteroatoms. The van der Waals surface area contributed by atoms with Gasteiger partial charge in [0.2, 0.25) is 0 Å². The molecule has 0 spiro atoms. The van der Waals surface area contributed by atoms with Gasteiger partial charge in [0.25, 0.3) is 11.5 Å². The van der Waals surface area contributed by atoms with Gasteiger partial charge >= 0.3 is 5.69 Å². The Morgan fingerprint density at radius 2 is 1.87 bits per heavy atom. The van der Waals surface area contributed by atoms with E-state index in [1.807, 2.05) is 31.2 Å². The van der Waals surface area contributed by atoms with Crippen molar-refractivity contribution in [3.63, 3.8) is 0 Å². The Balaban J connectivity index is 1.91. The number of rotatable bonds is 6. The number of H-pyrrole nitrogens is 1. The van der Waals surface area contributed by atoms with Gasteiger partial charge < -0.3 is 15.7 Å². The van der Waals surface area contributed by atoms with Gasteiger partial charge in [0.1, 0.15) is 17.5 Å². The minimum absolute atomic E-state index is 0.0351. The van der Waals surface area contributed by atoms with Crippen LogP contribution in [-0.2, 0) is 24.2 Å². The van der Waals surface area contributed by atoms with Crippen LogP contribution in [0.2, 0.25) is 0 Å². The molecule has 0 aliphatic carbocycles. The summed E-state index contributed by atoms with van der Waals surface area (Å²) in [5.74, 6) is 0.772. The number of unbranched alkanes of at least 4 members (excludes halogenated alkanes) is 1. The van der Waals surface area contributed by atoms with Crippen LogP contribution in [0.4, 0.5) is 11.5 Å². The second-order valence-electron chi connectivity index (χ2n) is 7.60. The number of nitrogens with zero attached hydrogens (tertiary/aromatic N) is 2. The van der Waals surface area contributed by atoms with Gasteiger partial charge in [-0.2, -0.15) is 0 Å². The van der Waals surface area contributed by atoms with Gasteiger partial charge in [-0.25, -0.2) is 4.79 Å². The van der Waals surface area contributed by atoms with E-state index in [0.717, 1.165) is 12.0 Å². The van der Waals surface area contributed by atoms with Crippen LogP contribution in [0.1, 0.15) is 30.9 Å². The number of amides is 1. The van der Waals surface area contributed by atoms with E-state index in [-0.39, 0.29) is 18.9 Å². The van der Waals surface area contributed by atoms with Crippen molar-refractivity contribution in [2.45, 2.75) is 39.2 Å². The molecule has 4 rings (SSSR count). The number of benzene rings is 1. The number of hydrogen-bond donors (Lipinski definition) is 4. The van der Waals surface area contributed by atoms with E-state index in [2.05, 4.69) is 22.2 Å². The molecule has 1 amide bonds. The minimum Gasteiger partial charge on any atom is -0.396 e. The summed E-state index contributed by atoms with van der Waals surface area (Å²) in [5, 5.41) is 14.9. The van der Waals surface area contributed by atoms with Crippen LogP contribution >= 0.6 is 0 Å². The number of aromatic amines is 1. The molecule has 4 N–H and O–H groups in total. The lowest BCUT2D eigenvalue weighted by Gasteiger charge is -2.37. The summed E-state index contributed by atoms with van der Waals surface area (Å²) >= 11 is 0. The number of carbonyl (C=O) groups excluding carboxylic acids is 1. The third-order valence-corrected chi connectivity index (χ3v) is 5.48. The van der Waals surface area contributed by atoms with Crippen molar-refractivity contribution in [1.82, 2.24) is 20.2 Å². The molecule has 1 aromatic carbocycles. The van der Waals surface area contributed by atoms with E-state index < -0.39 is 11.2 Å². The maximum Gasteiger partial charge on any atom is 0.329 e. The Morgan fingerprint density at radius 3 is 2.55 bits per heavy atom. The second-order valence-corrected chi connectivity index (χ2v) is 7.60. The maximum absolute atomic E-state index is 13.2. The van der Waals surface area contributed by atoms with Gasteiger partial charge in [0.05, 0.1) is 11.1 Å². The highest BCUT2D eigenvalue weighted by atomic mass is 16.3. The summed E-state index contributed by atoms with van der Waals surface area (Å²) in [6.45, 7) is 6.14. The third-order valence-electron chi connectivity index (χ3n) is 5.48.